The van der Waals surface area contributed by atoms with Crippen LogP contribution in [-0.4, -0.2) is 34.2 Å². The highest BCUT2D eigenvalue weighted by molar-refractivity contribution is 6.31. The van der Waals surface area contributed by atoms with E-state index < -0.39 is 0 Å². The number of halogens is 1. The molecule has 1 amide bonds. The van der Waals surface area contributed by atoms with Crippen molar-refractivity contribution >= 4 is 23.3 Å². The van der Waals surface area contributed by atoms with E-state index in [1.165, 1.54) is 6.92 Å². The zero-order valence-corrected chi connectivity index (χ0v) is 15.6. The minimum atomic E-state index is -0.0253. The van der Waals surface area contributed by atoms with E-state index in [1.54, 1.807) is 0 Å². The van der Waals surface area contributed by atoms with Crippen molar-refractivity contribution in [1.82, 2.24) is 9.88 Å². The number of hydrogen-bond donors (Lipinski definition) is 1. The maximum atomic E-state index is 13.1. The molecule has 0 bridgehead atoms. The van der Waals surface area contributed by atoms with Crippen LogP contribution in [0.2, 0.25) is 5.02 Å². The first kappa shape index (κ1) is 17.7. The Morgan fingerprint density at radius 3 is 2.64 bits per heavy atom. The number of amides is 1. The number of benzene rings is 1. The molecule has 1 aromatic carbocycles. The number of nitrogens with one attached hydrogen (secondary N) is 1. The lowest BCUT2D eigenvalue weighted by atomic mass is 10.0. The van der Waals surface area contributed by atoms with Gasteiger partial charge in [-0.25, -0.2) is 0 Å². The third kappa shape index (κ3) is 3.36. The van der Waals surface area contributed by atoms with E-state index in [0.717, 1.165) is 47.7 Å². The van der Waals surface area contributed by atoms with Gasteiger partial charge in [0.05, 0.1) is 0 Å². The van der Waals surface area contributed by atoms with Crippen molar-refractivity contribution < 1.29 is 9.59 Å². The van der Waals surface area contributed by atoms with Gasteiger partial charge in [0, 0.05) is 28.9 Å². The van der Waals surface area contributed by atoms with E-state index in [0.29, 0.717) is 11.3 Å². The Morgan fingerprint density at radius 1 is 1.28 bits per heavy atom. The molecule has 4 nitrogen and oxygen atoms in total. The summed E-state index contributed by atoms with van der Waals surface area (Å²) in [4.78, 5) is 30.0. The number of H-pyrrole nitrogens is 1. The molecule has 1 aliphatic heterocycles. The van der Waals surface area contributed by atoms with E-state index in [9.17, 15) is 9.59 Å². The molecule has 5 heteroatoms. The summed E-state index contributed by atoms with van der Waals surface area (Å²) < 4.78 is 0. The minimum absolute atomic E-state index is 0.0145. The van der Waals surface area contributed by atoms with Gasteiger partial charge < -0.3 is 9.88 Å². The molecule has 1 atom stereocenters. The summed E-state index contributed by atoms with van der Waals surface area (Å²) in [5, 5.41) is 0.743. The summed E-state index contributed by atoms with van der Waals surface area (Å²) in [5.41, 5.74) is 3.74. The first-order chi connectivity index (χ1) is 11.9. The Bertz CT molecular complexity index is 825. The second-order valence-electron chi connectivity index (χ2n) is 6.77. The monoisotopic (exact) mass is 358 g/mol. The van der Waals surface area contributed by atoms with Gasteiger partial charge in [-0.1, -0.05) is 29.8 Å². The SMILES string of the molecule is CC(=O)c1c(C)[nH]c(C(=O)N2CCCC2Cc2ccccc2Cl)c1C. The number of likely N-dealkylation sites (tertiary alicyclic amines) is 1. The molecule has 0 saturated carbocycles. The summed E-state index contributed by atoms with van der Waals surface area (Å²) in [6.07, 6.45) is 2.71. The number of aryl methyl sites for hydroxylation is 1. The van der Waals surface area contributed by atoms with Gasteiger partial charge in [-0.2, -0.15) is 0 Å². The first-order valence-corrected chi connectivity index (χ1v) is 9.02. The van der Waals surface area contributed by atoms with Gasteiger partial charge in [0.1, 0.15) is 5.69 Å². The molecule has 2 heterocycles. The fourth-order valence-electron chi connectivity index (χ4n) is 3.87. The molecular weight excluding hydrogens is 336 g/mol. The average molecular weight is 359 g/mol. The zero-order chi connectivity index (χ0) is 18.1. The highest BCUT2D eigenvalue weighted by Crippen LogP contribution is 2.28. The number of ketones is 1. The molecule has 1 fully saturated rings. The summed E-state index contributed by atoms with van der Waals surface area (Å²) in [6, 6.07) is 7.92. The van der Waals surface area contributed by atoms with Gasteiger partial charge in [0.25, 0.3) is 5.91 Å². The quantitative estimate of drug-likeness (QED) is 0.827. The smallest absolute Gasteiger partial charge is 0.270 e. The third-order valence-corrected chi connectivity index (χ3v) is 5.42. The van der Waals surface area contributed by atoms with Gasteiger partial charge in [0.15, 0.2) is 5.78 Å². The lowest BCUT2D eigenvalue weighted by Crippen LogP contribution is -2.37. The van der Waals surface area contributed by atoms with Crippen LogP contribution >= 0.6 is 11.6 Å². The third-order valence-electron chi connectivity index (χ3n) is 5.05. The number of Topliss-reactive ketones (excluding diaryl/α,β-unsaturated/α-hetero) is 1. The minimum Gasteiger partial charge on any atom is -0.354 e. The number of nitrogens with zero attached hydrogens (tertiary/aromatic N) is 1. The summed E-state index contributed by atoms with van der Waals surface area (Å²) in [7, 11) is 0. The van der Waals surface area contributed by atoms with Crippen LogP contribution in [0.1, 0.15) is 57.4 Å². The Hall–Kier alpha value is -2.07. The number of carbonyl (C=O) groups excluding carboxylic acids is 2. The van der Waals surface area contributed by atoms with Crippen molar-refractivity contribution in [2.45, 2.75) is 46.1 Å². The van der Waals surface area contributed by atoms with Crippen LogP contribution in [0.15, 0.2) is 24.3 Å². The van der Waals surface area contributed by atoms with Crippen LogP contribution in [0, 0.1) is 13.8 Å². The van der Waals surface area contributed by atoms with Gasteiger partial charge in [-0.05, 0) is 57.2 Å². The highest BCUT2D eigenvalue weighted by atomic mass is 35.5. The van der Waals surface area contributed by atoms with Gasteiger partial charge >= 0.3 is 0 Å². The molecule has 1 unspecified atom stereocenters. The number of aromatic nitrogens is 1. The fraction of sp³-hybridized carbons (Fsp3) is 0.400. The molecule has 25 heavy (non-hydrogen) atoms. The van der Waals surface area contributed by atoms with Crippen LogP contribution < -0.4 is 0 Å². The molecular formula is C20H23ClN2O2. The Balaban J connectivity index is 1.85. The van der Waals surface area contributed by atoms with E-state index in [-0.39, 0.29) is 17.7 Å². The molecule has 1 N–H and O–H groups in total. The molecule has 3 rings (SSSR count). The van der Waals surface area contributed by atoms with Crippen molar-refractivity contribution in [2.24, 2.45) is 0 Å². The van der Waals surface area contributed by atoms with E-state index in [1.807, 2.05) is 43.0 Å². The topological polar surface area (TPSA) is 53.2 Å². The molecule has 0 aliphatic carbocycles. The Kier molecular flexibility index (Phi) is 5.00. The fourth-order valence-corrected chi connectivity index (χ4v) is 4.08. The van der Waals surface area contributed by atoms with Crippen LogP contribution in [-0.2, 0) is 6.42 Å². The zero-order valence-electron chi connectivity index (χ0n) is 14.9. The largest absolute Gasteiger partial charge is 0.354 e. The standard InChI is InChI=1S/C20H23ClN2O2/c1-12-18(14(3)24)13(2)22-19(12)20(25)23-10-6-8-16(23)11-15-7-4-5-9-17(15)21/h4-5,7,9,16,22H,6,8,10-11H2,1-3H3. The second-order valence-corrected chi connectivity index (χ2v) is 7.18. The van der Waals surface area contributed by atoms with E-state index in [4.69, 9.17) is 11.6 Å². The lowest BCUT2D eigenvalue weighted by Gasteiger charge is -2.25. The van der Waals surface area contributed by atoms with Gasteiger partial charge in [-0.15, -0.1) is 0 Å². The van der Waals surface area contributed by atoms with Crippen molar-refractivity contribution in [3.05, 3.63) is 57.4 Å². The molecule has 1 aromatic heterocycles. The van der Waals surface area contributed by atoms with Crippen LogP contribution in [0.5, 0.6) is 0 Å². The van der Waals surface area contributed by atoms with E-state index in [2.05, 4.69) is 4.98 Å². The predicted molar refractivity (Wildman–Crippen MR) is 99.5 cm³/mol. The normalized spacial score (nSPS) is 17.1. The van der Waals surface area contributed by atoms with Crippen LogP contribution in [0.4, 0.5) is 0 Å². The van der Waals surface area contributed by atoms with Crippen molar-refractivity contribution in [2.75, 3.05) is 6.54 Å². The van der Waals surface area contributed by atoms with E-state index >= 15 is 0 Å². The number of carbonyl (C=O) groups is 2. The number of hydrogen-bond acceptors (Lipinski definition) is 2. The highest BCUT2D eigenvalue weighted by Gasteiger charge is 2.32. The van der Waals surface area contributed by atoms with Crippen molar-refractivity contribution in [3.8, 4) is 0 Å². The predicted octanol–water partition coefficient (Wildman–Crippen LogP) is 4.33. The second kappa shape index (κ2) is 7.04. The maximum absolute atomic E-state index is 13.1. The summed E-state index contributed by atoms with van der Waals surface area (Å²) in [6.45, 7) is 5.95. The lowest BCUT2D eigenvalue weighted by molar-refractivity contribution is 0.0730. The molecule has 132 valence electrons. The van der Waals surface area contributed by atoms with Crippen LogP contribution in [0.25, 0.3) is 0 Å². The molecule has 2 aromatic rings. The van der Waals surface area contributed by atoms with Gasteiger partial charge in [-0.3, -0.25) is 9.59 Å². The van der Waals surface area contributed by atoms with Crippen LogP contribution in [0.3, 0.4) is 0 Å². The molecule has 1 aliphatic rings. The number of rotatable bonds is 4. The Labute approximate surface area is 153 Å². The van der Waals surface area contributed by atoms with Crippen molar-refractivity contribution in [1.29, 1.82) is 0 Å². The maximum Gasteiger partial charge on any atom is 0.270 e. The Morgan fingerprint density at radius 2 is 2.00 bits per heavy atom. The first-order valence-electron chi connectivity index (χ1n) is 8.64. The molecule has 1 saturated heterocycles. The summed E-state index contributed by atoms with van der Waals surface area (Å²) in [5.74, 6) is -0.0398. The average Bonchev–Trinajstić information content (AvgIpc) is 3.13. The summed E-state index contributed by atoms with van der Waals surface area (Å²) >= 11 is 6.28. The van der Waals surface area contributed by atoms with Crippen molar-refractivity contribution in [3.63, 3.8) is 0 Å². The number of aromatic amines is 1. The molecule has 0 spiro atoms. The molecule has 0 radical (unpaired) electrons. The van der Waals surface area contributed by atoms with Gasteiger partial charge in [0.2, 0.25) is 0 Å².